The molecule has 0 aliphatic carbocycles. The van der Waals surface area contributed by atoms with E-state index in [2.05, 4.69) is 26.6 Å². The number of hydrogen-bond acceptors (Lipinski definition) is 1. The second-order valence-corrected chi connectivity index (χ2v) is 5.98. The maximum absolute atomic E-state index is 13.7. The summed E-state index contributed by atoms with van der Waals surface area (Å²) in [6.07, 6.45) is 0. The minimum atomic E-state index is -0.742. The molecule has 2 nitrogen and oxygen atoms in total. The second-order valence-electron chi connectivity index (χ2n) is 4.28. The van der Waals surface area contributed by atoms with E-state index in [-0.39, 0.29) is 15.3 Å². The molecule has 0 fully saturated rings. The summed E-state index contributed by atoms with van der Waals surface area (Å²) in [6.45, 7) is 1.88. The number of nitrogens with one attached hydrogen (secondary N) is 2. The average molecular weight is 392 g/mol. The SMILES string of the molecule is Cc1ccc(Cl)cc1NC(=S)Nc1c(F)cc(F)cc1Br. The van der Waals surface area contributed by atoms with E-state index in [9.17, 15) is 8.78 Å². The molecule has 110 valence electrons. The Labute approximate surface area is 139 Å². The molecule has 0 spiro atoms. The Bertz CT molecular complexity index is 686. The summed E-state index contributed by atoms with van der Waals surface area (Å²) in [4.78, 5) is 0. The fraction of sp³-hybridized carbons (Fsp3) is 0.0714. The Kier molecular flexibility index (Phi) is 5.13. The number of aryl methyl sites for hydroxylation is 1. The van der Waals surface area contributed by atoms with Crippen molar-refractivity contribution >= 4 is 56.2 Å². The van der Waals surface area contributed by atoms with Crippen LogP contribution in [0.25, 0.3) is 0 Å². The molecule has 0 aliphatic heterocycles. The highest BCUT2D eigenvalue weighted by molar-refractivity contribution is 9.10. The summed E-state index contributed by atoms with van der Waals surface area (Å²) in [5, 5.41) is 6.34. The lowest BCUT2D eigenvalue weighted by atomic mass is 10.2. The van der Waals surface area contributed by atoms with E-state index in [1.54, 1.807) is 12.1 Å². The zero-order valence-corrected chi connectivity index (χ0v) is 14.0. The second kappa shape index (κ2) is 6.68. The molecule has 0 amide bonds. The highest BCUT2D eigenvalue weighted by atomic mass is 79.9. The molecule has 0 saturated heterocycles. The number of rotatable bonds is 2. The molecule has 2 N–H and O–H groups in total. The summed E-state index contributed by atoms with van der Waals surface area (Å²) in [5.74, 6) is -1.41. The molecule has 0 bridgehead atoms. The summed E-state index contributed by atoms with van der Waals surface area (Å²) in [7, 11) is 0. The fourth-order valence-corrected chi connectivity index (χ4v) is 2.55. The topological polar surface area (TPSA) is 24.1 Å². The largest absolute Gasteiger partial charge is 0.332 e. The van der Waals surface area contributed by atoms with Crippen LogP contribution in [0.4, 0.5) is 20.2 Å². The van der Waals surface area contributed by atoms with Crippen LogP contribution in [0.3, 0.4) is 0 Å². The number of halogens is 4. The molecule has 0 atom stereocenters. The van der Waals surface area contributed by atoms with Gasteiger partial charge in [0, 0.05) is 21.2 Å². The Balaban J connectivity index is 2.17. The quantitative estimate of drug-likeness (QED) is 0.661. The Morgan fingerprint density at radius 3 is 2.57 bits per heavy atom. The van der Waals surface area contributed by atoms with Crippen molar-refractivity contribution < 1.29 is 8.78 Å². The van der Waals surface area contributed by atoms with Gasteiger partial charge in [0.1, 0.15) is 5.82 Å². The third kappa shape index (κ3) is 4.12. The summed E-state index contributed by atoms with van der Waals surface area (Å²) >= 11 is 14.1. The maximum Gasteiger partial charge on any atom is 0.175 e. The van der Waals surface area contributed by atoms with E-state index in [1.165, 1.54) is 0 Å². The zero-order chi connectivity index (χ0) is 15.6. The third-order valence-electron chi connectivity index (χ3n) is 2.69. The van der Waals surface area contributed by atoms with Crippen molar-refractivity contribution in [2.24, 2.45) is 0 Å². The van der Waals surface area contributed by atoms with Crippen LogP contribution in [0.2, 0.25) is 5.02 Å². The van der Waals surface area contributed by atoms with Crippen LogP contribution in [-0.4, -0.2) is 5.11 Å². The molecule has 0 heterocycles. The van der Waals surface area contributed by atoms with Gasteiger partial charge < -0.3 is 10.6 Å². The van der Waals surface area contributed by atoms with Crippen LogP contribution in [-0.2, 0) is 0 Å². The van der Waals surface area contributed by atoms with Crippen molar-refractivity contribution in [3.8, 4) is 0 Å². The molecule has 0 saturated carbocycles. The lowest BCUT2D eigenvalue weighted by molar-refractivity contribution is 0.585. The third-order valence-corrected chi connectivity index (χ3v) is 3.76. The molecular formula is C14H10BrClF2N2S. The number of anilines is 2. The van der Waals surface area contributed by atoms with Crippen molar-refractivity contribution in [3.63, 3.8) is 0 Å². The Hall–Kier alpha value is -1.24. The van der Waals surface area contributed by atoms with Crippen molar-refractivity contribution in [1.82, 2.24) is 0 Å². The van der Waals surface area contributed by atoms with Gasteiger partial charge in [-0.05, 0) is 58.8 Å². The van der Waals surface area contributed by atoms with Crippen molar-refractivity contribution in [1.29, 1.82) is 0 Å². The first kappa shape index (κ1) is 16.1. The lowest BCUT2D eigenvalue weighted by Crippen LogP contribution is -2.20. The predicted octanol–water partition coefficient (Wildman–Crippen LogP) is 5.50. The van der Waals surface area contributed by atoms with Gasteiger partial charge in [0.2, 0.25) is 0 Å². The van der Waals surface area contributed by atoms with Crippen molar-refractivity contribution in [2.45, 2.75) is 6.92 Å². The zero-order valence-electron chi connectivity index (χ0n) is 10.8. The van der Waals surface area contributed by atoms with Crippen molar-refractivity contribution in [2.75, 3.05) is 10.6 Å². The minimum Gasteiger partial charge on any atom is -0.332 e. The molecule has 2 rings (SSSR count). The van der Waals surface area contributed by atoms with Gasteiger partial charge in [0.15, 0.2) is 10.9 Å². The number of thiocarbonyl (C=S) groups is 1. The standard InChI is InChI=1S/C14H10BrClF2N2S/c1-7-2-3-8(16)4-12(7)19-14(21)20-13-10(15)5-9(17)6-11(13)18/h2-6H,1H3,(H2,19,20,21). The molecule has 2 aromatic carbocycles. The molecule has 0 radical (unpaired) electrons. The van der Waals surface area contributed by atoms with Gasteiger partial charge in [-0.15, -0.1) is 0 Å². The normalized spacial score (nSPS) is 10.3. The van der Waals surface area contributed by atoms with Gasteiger partial charge >= 0.3 is 0 Å². The molecule has 21 heavy (non-hydrogen) atoms. The van der Waals surface area contributed by atoms with E-state index < -0.39 is 11.6 Å². The molecule has 0 aromatic heterocycles. The Morgan fingerprint density at radius 2 is 1.90 bits per heavy atom. The van der Waals surface area contributed by atoms with Crippen LogP contribution in [0.5, 0.6) is 0 Å². The minimum absolute atomic E-state index is 0.0635. The number of hydrogen-bond donors (Lipinski definition) is 2. The van der Waals surface area contributed by atoms with Gasteiger partial charge in [0.25, 0.3) is 0 Å². The maximum atomic E-state index is 13.7. The van der Waals surface area contributed by atoms with E-state index in [0.29, 0.717) is 10.7 Å². The highest BCUT2D eigenvalue weighted by Crippen LogP contribution is 2.27. The predicted molar refractivity (Wildman–Crippen MR) is 90.1 cm³/mol. The summed E-state index contributed by atoms with van der Waals surface area (Å²) < 4.78 is 27.0. The molecular weight excluding hydrogens is 382 g/mol. The van der Waals surface area contributed by atoms with Crippen LogP contribution in [0, 0.1) is 18.6 Å². The van der Waals surface area contributed by atoms with Gasteiger partial charge in [-0.25, -0.2) is 8.78 Å². The first-order valence-electron chi connectivity index (χ1n) is 5.85. The van der Waals surface area contributed by atoms with Crippen LogP contribution < -0.4 is 10.6 Å². The van der Waals surface area contributed by atoms with Crippen molar-refractivity contribution in [3.05, 3.63) is 57.0 Å². The van der Waals surface area contributed by atoms with Gasteiger partial charge in [-0.3, -0.25) is 0 Å². The van der Waals surface area contributed by atoms with Gasteiger partial charge in [-0.2, -0.15) is 0 Å². The molecule has 0 aliphatic rings. The lowest BCUT2D eigenvalue weighted by Gasteiger charge is -2.14. The summed E-state index contributed by atoms with van der Waals surface area (Å²) in [5.41, 5.74) is 1.70. The Morgan fingerprint density at radius 1 is 1.19 bits per heavy atom. The van der Waals surface area contributed by atoms with Gasteiger partial charge in [-0.1, -0.05) is 17.7 Å². The molecule has 2 aromatic rings. The van der Waals surface area contributed by atoms with Crippen LogP contribution in [0.15, 0.2) is 34.8 Å². The van der Waals surface area contributed by atoms with E-state index >= 15 is 0 Å². The van der Waals surface area contributed by atoms with E-state index in [0.717, 1.165) is 17.7 Å². The number of benzene rings is 2. The first-order chi connectivity index (χ1) is 9.86. The van der Waals surface area contributed by atoms with Crippen LogP contribution in [0.1, 0.15) is 5.56 Å². The smallest absolute Gasteiger partial charge is 0.175 e. The van der Waals surface area contributed by atoms with Gasteiger partial charge in [0.05, 0.1) is 5.69 Å². The van der Waals surface area contributed by atoms with Crippen LogP contribution >= 0.6 is 39.7 Å². The fourth-order valence-electron chi connectivity index (χ4n) is 1.66. The average Bonchev–Trinajstić information content (AvgIpc) is 2.38. The monoisotopic (exact) mass is 390 g/mol. The highest BCUT2D eigenvalue weighted by Gasteiger charge is 2.11. The molecule has 7 heteroatoms. The molecule has 0 unspecified atom stereocenters. The summed E-state index contributed by atoms with van der Waals surface area (Å²) in [6, 6.07) is 7.23. The first-order valence-corrected chi connectivity index (χ1v) is 7.43. The van der Waals surface area contributed by atoms with E-state index in [4.69, 9.17) is 23.8 Å². The van der Waals surface area contributed by atoms with E-state index in [1.807, 2.05) is 13.0 Å².